The van der Waals surface area contributed by atoms with Gasteiger partial charge >= 0.3 is 0 Å². The van der Waals surface area contributed by atoms with Crippen molar-refractivity contribution in [2.45, 2.75) is 32.2 Å². The van der Waals surface area contributed by atoms with Crippen LogP contribution in [0.1, 0.15) is 29.7 Å². The van der Waals surface area contributed by atoms with Gasteiger partial charge in [0, 0.05) is 22.8 Å². The summed E-state index contributed by atoms with van der Waals surface area (Å²) < 4.78 is 0. The van der Waals surface area contributed by atoms with Gasteiger partial charge in [0.2, 0.25) is 0 Å². The second kappa shape index (κ2) is 5.57. The maximum absolute atomic E-state index is 5.88. The first kappa shape index (κ1) is 12.4. The van der Waals surface area contributed by atoms with E-state index in [0.717, 1.165) is 30.2 Å². The molecule has 1 N–H and O–H groups in total. The SMILES string of the molecule is Clc1ccc(CNc2ncnc3c2CCCC3)cc1. The number of aromatic nitrogens is 2. The zero-order valence-electron chi connectivity index (χ0n) is 10.7. The van der Waals surface area contributed by atoms with Crippen LogP contribution in [-0.2, 0) is 19.4 Å². The van der Waals surface area contributed by atoms with Gasteiger partial charge in [-0.05, 0) is 43.4 Å². The van der Waals surface area contributed by atoms with E-state index in [2.05, 4.69) is 15.3 Å². The zero-order valence-corrected chi connectivity index (χ0v) is 11.5. The van der Waals surface area contributed by atoms with Crippen LogP contribution in [0, 0.1) is 0 Å². The van der Waals surface area contributed by atoms with Gasteiger partial charge in [-0.15, -0.1) is 0 Å². The highest BCUT2D eigenvalue weighted by Crippen LogP contribution is 2.24. The van der Waals surface area contributed by atoms with Gasteiger partial charge in [0.1, 0.15) is 12.1 Å². The highest BCUT2D eigenvalue weighted by atomic mass is 35.5. The molecule has 4 heteroatoms. The quantitative estimate of drug-likeness (QED) is 0.928. The first-order chi connectivity index (χ1) is 9.33. The number of hydrogen-bond donors (Lipinski definition) is 1. The average Bonchev–Trinajstić information content (AvgIpc) is 2.47. The minimum atomic E-state index is 0.765. The zero-order chi connectivity index (χ0) is 13.1. The van der Waals surface area contributed by atoms with Crippen molar-refractivity contribution in [3.8, 4) is 0 Å². The summed E-state index contributed by atoms with van der Waals surface area (Å²) in [6.45, 7) is 0.765. The molecule has 0 aliphatic heterocycles. The number of halogens is 1. The number of aryl methyl sites for hydroxylation is 1. The van der Waals surface area contributed by atoms with Crippen LogP contribution in [0.15, 0.2) is 30.6 Å². The lowest BCUT2D eigenvalue weighted by atomic mass is 9.96. The molecule has 1 aromatic carbocycles. The smallest absolute Gasteiger partial charge is 0.133 e. The predicted octanol–water partition coefficient (Wildman–Crippen LogP) is 3.62. The van der Waals surface area contributed by atoms with Crippen LogP contribution in [-0.4, -0.2) is 9.97 Å². The number of fused-ring (bicyclic) bond motifs is 1. The first-order valence-electron chi connectivity index (χ1n) is 6.64. The van der Waals surface area contributed by atoms with Crippen molar-refractivity contribution in [1.82, 2.24) is 9.97 Å². The Morgan fingerprint density at radius 1 is 1.05 bits per heavy atom. The minimum absolute atomic E-state index is 0.765. The molecule has 0 saturated carbocycles. The van der Waals surface area contributed by atoms with Crippen LogP contribution >= 0.6 is 11.6 Å². The summed E-state index contributed by atoms with van der Waals surface area (Å²) in [5.41, 5.74) is 3.70. The van der Waals surface area contributed by atoms with E-state index in [1.165, 1.54) is 29.7 Å². The monoisotopic (exact) mass is 273 g/mol. The third-order valence-electron chi connectivity index (χ3n) is 3.50. The number of nitrogens with one attached hydrogen (secondary N) is 1. The number of rotatable bonds is 3. The molecule has 0 unspecified atom stereocenters. The Morgan fingerprint density at radius 3 is 2.68 bits per heavy atom. The Morgan fingerprint density at radius 2 is 1.84 bits per heavy atom. The summed E-state index contributed by atoms with van der Waals surface area (Å²) in [6, 6.07) is 7.88. The van der Waals surface area contributed by atoms with Crippen LogP contribution in [0.2, 0.25) is 5.02 Å². The summed E-state index contributed by atoms with van der Waals surface area (Å²) in [6.07, 6.45) is 6.29. The lowest BCUT2D eigenvalue weighted by molar-refractivity contribution is 0.663. The Bertz CT molecular complexity index is 566. The van der Waals surface area contributed by atoms with Gasteiger partial charge in [0.25, 0.3) is 0 Å². The topological polar surface area (TPSA) is 37.8 Å². The lowest BCUT2D eigenvalue weighted by Crippen LogP contribution is -2.12. The lowest BCUT2D eigenvalue weighted by Gasteiger charge is -2.18. The Kier molecular flexibility index (Phi) is 3.65. The Labute approximate surface area is 118 Å². The molecule has 2 aromatic rings. The molecule has 0 bridgehead atoms. The average molecular weight is 274 g/mol. The van der Waals surface area contributed by atoms with Crippen LogP contribution in [0.25, 0.3) is 0 Å². The van der Waals surface area contributed by atoms with Crippen molar-refractivity contribution in [1.29, 1.82) is 0 Å². The molecule has 0 radical (unpaired) electrons. The van der Waals surface area contributed by atoms with Crippen molar-refractivity contribution < 1.29 is 0 Å². The predicted molar refractivity (Wildman–Crippen MR) is 77.5 cm³/mol. The second-order valence-electron chi connectivity index (χ2n) is 4.83. The molecule has 1 aliphatic carbocycles. The normalized spacial score (nSPS) is 13.9. The third-order valence-corrected chi connectivity index (χ3v) is 3.75. The molecule has 1 aromatic heterocycles. The van der Waals surface area contributed by atoms with Crippen LogP contribution < -0.4 is 5.32 Å². The molecular weight excluding hydrogens is 258 g/mol. The molecular formula is C15H16ClN3. The highest BCUT2D eigenvalue weighted by Gasteiger charge is 2.14. The molecule has 0 atom stereocenters. The van der Waals surface area contributed by atoms with Crippen molar-refractivity contribution >= 4 is 17.4 Å². The fraction of sp³-hybridized carbons (Fsp3) is 0.333. The number of benzene rings is 1. The van der Waals surface area contributed by atoms with Gasteiger partial charge in [-0.2, -0.15) is 0 Å². The molecule has 1 aliphatic rings. The molecule has 98 valence electrons. The summed E-state index contributed by atoms with van der Waals surface area (Å²) in [7, 11) is 0. The Hall–Kier alpha value is -1.61. The van der Waals surface area contributed by atoms with E-state index in [1.54, 1.807) is 6.33 Å². The summed E-state index contributed by atoms with van der Waals surface area (Å²) in [4.78, 5) is 8.75. The van der Waals surface area contributed by atoms with E-state index in [1.807, 2.05) is 24.3 Å². The molecule has 0 spiro atoms. The standard InChI is InChI=1S/C15H16ClN3/c16-12-7-5-11(6-8-12)9-17-15-13-3-1-2-4-14(13)18-10-19-15/h5-8,10H,1-4,9H2,(H,17,18,19). The van der Waals surface area contributed by atoms with E-state index in [9.17, 15) is 0 Å². The molecule has 3 rings (SSSR count). The molecule has 0 saturated heterocycles. The number of anilines is 1. The van der Waals surface area contributed by atoms with Gasteiger partial charge in [-0.1, -0.05) is 23.7 Å². The fourth-order valence-corrected chi connectivity index (χ4v) is 2.59. The van der Waals surface area contributed by atoms with E-state index in [-0.39, 0.29) is 0 Å². The van der Waals surface area contributed by atoms with E-state index >= 15 is 0 Å². The summed E-state index contributed by atoms with van der Waals surface area (Å²) in [5, 5.41) is 4.18. The summed E-state index contributed by atoms with van der Waals surface area (Å²) >= 11 is 5.88. The molecule has 19 heavy (non-hydrogen) atoms. The van der Waals surface area contributed by atoms with Gasteiger partial charge < -0.3 is 5.32 Å². The number of nitrogens with zero attached hydrogens (tertiary/aromatic N) is 2. The minimum Gasteiger partial charge on any atom is -0.366 e. The fourth-order valence-electron chi connectivity index (χ4n) is 2.46. The van der Waals surface area contributed by atoms with Crippen molar-refractivity contribution in [3.63, 3.8) is 0 Å². The third kappa shape index (κ3) is 2.87. The molecule has 1 heterocycles. The van der Waals surface area contributed by atoms with Gasteiger partial charge in [-0.25, -0.2) is 9.97 Å². The van der Waals surface area contributed by atoms with Gasteiger partial charge in [-0.3, -0.25) is 0 Å². The summed E-state index contributed by atoms with van der Waals surface area (Å²) in [5.74, 6) is 0.986. The maximum atomic E-state index is 5.88. The Balaban J connectivity index is 1.75. The van der Waals surface area contributed by atoms with Crippen LogP contribution in [0.4, 0.5) is 5.82 Å². The molecule has 3 nitrogen and oxygen atoms in total. The molecule has 0 amide bonds. The maximum Gasteiger partial charge on any atom is 0.133 e. The van der Waals surface area contributed by atoms with Crippen molar-refractivity contribution in [2.75, 3.05) is 5.32 Å². The van der Waals surface area contributed by atoms with Gasteiger partial charge in [0.05, 0.1) is 0 Å². The van der Waals surface area contributed by atoms with Crippen molar-refractivity contribution in [2.24, 2.45) is 0 Å². The van der Waals surface area contributed by atoms with Crippen LogP contribution in [0.3, 0.4) is 0 Å². The van der Waals surface area contributed by atoms with Crippen molar-refractivity contribution in [3.05, 3.63) is 52.4 Å². The first-order valence-corrected chi connectivity index (χ1v) is 7.02. The van der Waals surface area contributed by atoms with Gasteiger partial charge in [0.15, 0.2) is 0 Å². The van der Waals surface area contributed by atoms with E-state index in [4.69, 9.17) is 11.6 Å². The van der Waals surface area contributed by atoms with E-state index in [0.29, 0.717) is 0 Å². The largest absolute Gasteiger partial charge is 0.366 e. The highest BCUT2D eigenvalue weighted by molar-refractivity contribution is 6.30. The number of hydrogen-bond acceptors (Lipinski definition) is 3. The van der Waals surface area contributed by atoms with E-state index < -0.39 is 0 Å². The second-order valence-corrected chi connectivity index (χ2v) is 5.27. The molecule has 0 fully saturated rings. The van der Waals surface area contributed by atoms with Crippen LogP contribution in [0.5, 0.6) is 0 Å².